The maximum Gasteiger partial charge on any atom is 0.156 e. The van der Waals surface area contributed by atoms with Crippen molar-refractivity contribution in [1.29, 1.82) is 5.26 Å². The van der Waals surface area contributed by atoms with Crippen LogP contribution in [0.1, 0.15) is 5.56 Å². The van der Waals surface area contributed by atoms with Gasteiger partial charge >= 0.3 is 0 Å². The summed E-state index contributed by atoms with van der Waals surface area (Å²) in [6, 6.07) is 2.59. The lowest BCUT2D eigenvalue weighted by atomic mass is 10.2. The lowest BCUT2D eigenvalue weighted by molar-refractivity contribution is 0.585. The largest absolute Gasteiger partial charge is 0.206 e. The lowest BCUT2D eigenvalue weighted by Gasteiger charge is -2.00. The zero-order valence-corrected chi connectivity index (χ0v) is 9.28. The van der Waals surface area contributed by atoms with Gasteiger partial charge in [0.15, 0.2) is 5.82 Å². The van der Waals surface area contributed by atoms with E-state index in [9.17, 15) is 8.78 Å². The van der Waals surface area contributed by atoms with Gasteiger partial charge in [-0.05, 0) is 44.6 Å². The number of benzene rings is 1. The van der Waals surface area contributed by atoms with Crippen molar-refractivity contribution in [3.05, 3.63) is 31.3 Å². The first kappa shape index (κ1) is 9.86. The fraction of sp³-hybridized carbons (Fsp3) is 0. The Hall–Kier alpha value is -0.220. The number of nitrogens with zero attached hydrogens (tertiary/aromatic N) is 1. The topological polar surface area (TPSA) is 23.8 Å². The second-order valence-electron chi connectivity index (χ2n) is 1.95. The van der Waals surface area contributed by atoms with Crippen molar-refractivity contribution in [2.24, 2.45) is 0 Å². The first-order chi connectivity index (χ1) is 5.57. The first-order valence-corrected chi connectivity index (χ1v) is 4.68. The summed E-state index contributed by atoms with van der Waals surface area (Å²) in [6.07, 6.45) is 0. The smallest absolute Gasteiger partial charge is 0.156 e. The summed E-state index contributed by atoms with van der Waals surface area (Å²) in [6.45, 7) is 0. The molecule has 0 amide bonds. The maximum absolute atomic E-state index is 13.0. The third-order valence-electron chi connectivity index (χ3n) is 1.22. The molecule has 0 radical (unpaired) electrons. The molecule has 62 valence electrons. The Kier molecular flexibility index (Phi) is 3.01. The van der Waals surface area contributed by atoms with E-state index < -0.39 is 11.6 Å². The van der Waals surface area contributed by atoms with E-state index in [0.29, 0.717) is 0 Å². The summed E-state index contributed by atoms with van der Waals surface area (Å²) in [5.74, 6) is -1.32. The minimum Gasteiger partial charge on any atom is -0.206 e. The van der Waals surface area contributed by atoms with Crippen molar-refractivity contribution in [2.75, 3.05) is 0 Å². The third-order valence-corrected chi connectivity index (χ3v) is 2.86. The van der Waals surface area contributed by atoms with E-state index in [4.69, 9.17) is 5.26 Å². The van der Waals surface area contributed by atoms with E-state index in [2.05, 4.69) is 15.9 Å². The summed E-state index contributed by atoms with van der Waals surface area (Å²) in [7, 11) is 0. The Bertz CT molecular complexity index is 346. The van der Waals surface area contributed by atoms with Crippen molar-refractivity contribution in [3.63, 3.8) is 0 Å². The number of rotatable bonds is 0. The molecule has 0 atom stereocenters. The van der Waals surface area contributed by atoms with E-state index >= 15 is 0 Å². The lowest BCUT2D eigenvalue weighted by Crippen LogP contribution is -1.94. The van der Waals surface area contributed by atoms with Crippen molar-refractivity contribution < 1.29 is 8.78 Å². The third kappa shape index (κ3) is 1.59. The minimum absolute atomic E-state index is 0.0100. The van der Waals surface area contributed by atoms with Crippen molar-refractivity contribution in [3.8, 4) is 6.07 Å². The molecule has 0 aromatic heterocycles. The Balaban J connectivity index is 3.56. The predicted molar refractivity (Wildman–Crippen MR) is 51.5 cm³/mol. The van der Waals surface area contributed by atoms with Gasteiger partial charge in [0.1, 0.15) is 17.4 Å². The van der Waals surface area contributed by atoms with Crippen LogP contribution in [-0.4, -0.2) is 0 Å². The highest BCUT2D eigenvalue weighted by Crippen LogP contribution is 2.25. The molecule has 0 fully saturated rings. The number of hydrogen-bond acceptors (Lipinski definition) is 1. The van der Waals surface area contributed by atoms with E-state index in [0.717, 1.165) is 6.07 Å². The molecule has 0 spiro atoms. The second kappa shape index (κ2) is 3.66. The monoisotopic (exact) mass is 343 g/mol. The molecular weight excluding hydrogens is 343 g/mol. The van der Waals surface area contributed by atoms with E-state index in [-0.39, 0.29) is 13.6 Å². The molecule has 0 saturated carbocycles. The summed E-state index contributed by atoms with van der Waals surface area (Å²) in [4.78, 5) is 0. The van der Waals surface area contributed by atoms with Gasteiger partial charge in [-0.3, -0.25) is 0 Å². The van der Waals surface area contributed by atoms with Crippen LogP contribution in [0.25, 0.3) is 0 Å². The average Bonchev–Trinajstić information content (AvgIpc) is 2.02. The number of hydrogen-bond donors (Lipinski definition) is 0. The van der Waals surface area contributed by atoms with Gasteiger partial charge in [-0.2, -0.15) is 5.26 Å². The molecule has 5 heteroatoms. The van der Waals surface area contributed by atoms with Gasteiger partial charge in [0.05, 0.1) is 8.04 Å². The number of halogens is 4. The molecule has 1 aromatic rings. The fourth-order valence-corrected chi connectivity index (χ4v) is 1.58. The molecule has 1 rings (SSSR count). The van der Waals surface area contributed by atoms with Crippen LogP contribution in [0.3, 0.4) is 0 Å². The SMILES string of the molecule is N#Cc1c(F)c(Br)cc(F)c1I. The molecule has 0 bridgehead atoms. The van der Waals surface area contributed by atoms with Gasteiger partial charge < -0.3 is 0 Å². The van der Waals surface area contributed by atoms with Crippen LogP contribution >= 0.6 is 38.5 Å². The quantitative estimate of drug-likeness (QED) is 0.524. The van der Waals surface area contributed by atoms with Crippen LogP contribution in [0, 0.1) is 26.5 Å². The standard InChI is InChI=1S/C7HBrF2IN/c8-4-1-5(9)7(11)3(2-12)6(4)10/h1H. The first-order valence-electron chi connectivity index (χ1n) is 2.81. The molecule has 0 N–H and O–H groups in total. The van der Waals surface area contributed by atoms with Crippen LogP contribution in [0.4, 0.5) is 8.78 Å². The summed E-state index contributed by atoms with van der Waals surface area (Å²) in [5.41, 5.74) is -0.262. The summed E-state index contributed by atoms with van der Waals surface area (Å²) in [5, 5.41) is 8.47. The van der Waals surface area contributed by atoms with Crippen LogP contribution in [0.5, 0.6) is 0 Å². The van der Waals surface area contributed by atoms with E-state index in [1.807, 2.05) is 0 Å². The fourth-order valence-electron chi connectivity index (χ4n) is 0.671. The van der Waals surface area contributed by atoms with E-state index in [1.165, 1.54) is 0 Å². The van der Waals surface area contributed by atoms with Gasteiger partial charge in [-0.15, -0.1) is 0 Å². The van der Waals surface area contributed by atoms with Gasteiger partial charge in [-0.25, -0.2) is 8.78 Å². The molecule has 0 heterocycles. The molecule has 0 unspecified atom stereocenters. The molecular formula is C7HBrF2IN. The van der Waals surface area contributed by atoms with Crippen LogP contribution in [0.2, 0.25) is 0 Å². The molecule has 12 heavy (non-hydrogen) atoms. The zero-order valence-electron chi connectivity index (χ0n) is 5.54. The minimum atomic E-state index is -0.719. The average molecular weight is 344 g/mol. The molecule has 1 aromatic carbocycles. The van der Waals surface area contributed by atoms with Gasteiger partial charge in [0.25, 0.3) is 0 Å². The van der Waals surface area contributed by atoms with Gasteiger partial charge in [0, 0.05) is 0 Å². The van der Waals surface area contributed by atoms with Gasteiger partial charge in [-0.1, -0.05) is 0 Å². The Morgan fingerprint density at radius 3 is 2.58 bits per heavy atom. The second-order valence-corrected chi connectivity index (χ2v) is 3.89. The number of nitriles is 1. The van der Waals surface area contributed by atoms with Crippen LogP contribution in [0.15, 0.2) is 10.5 Å². The highest BCUT2D eigenvalue weighted by Gasteiger charge is 2.14. The summed E-state index contributed by atoms with van der Waals surface area (Å²) >= 11 is 4.39. The predicted octanol–water partition coefficient (Wildman–Crippen LogP) is 3.20. The summed E-state index contributed by atoms with van der Waals surface area (Å²) < 4.78 is 25.8. The van der Waals surface area contributed by atoms with Crippen LogP contribution < -0.4 is 0 Å². The molecule has 0 saturated heterocycles. The highest BCUT2D eigenvalue weighted by molar-refractivity contribution is 14.1. The molecule has 0 aliphatic carbocycles. The van der Waals surface area contributed by atoms with Crippen molar-refractivity contribution in [2.45, 2.75) is 0 Å². The van der Waals surface area contributed by atoms with Gasteiger partial charge in [0.2, 0.25) is 0 Å². The van der Waals surface area contributed by atoms with E-state index in [1.54, 1.807) is 28.7 Å². The Morgan fingerprint density at radius 2 is 2.08 bits per heavy atom. The molecule has 1 nitrogen and oxygen atoms in total. The molecule has 0 aliphatic rings. The zero-order chi connectivity index (χ0) is 9.30. The Labute approximate surface area is 89.6 Å². The normalized spacial score (nSPS) is 9.58. The molecule has 0 aliphatic heterocycles. The Morgan fingerprint density at radius 1 is 1.50 bits per heavy atom. The van der Waals surface area contributed by atoms with Crippen LogP contribution in [-0.2, 0) is 0 Å². The maximum atomic E-state index is 13.0. The van der Waals surface area contributed by atoms with Crippen molar-refractivity contribution in [1.82, 2.24) is 0 Å². The van der Waals surface area contributed by atoms with Crippen molar-refractivity contribution >= 4 is 38.5 Å². The highest BCUT2D eigenvalue weighted by atomic mass is 127.